The summed E-state index contributed by atoms with van der Waals surface area (Å²) in [5.74, 6) is -5.64. The van der Waals surface area contributed by atoms with Crippen molar-refractivity contribution < 1.29 is 37.0 Å². The van der Waals surface area contributed by atoms with E-state index in [1.165, 1.54) is 6.08 Å². The molecule has 2 aromatic carbocycles. The first-order valence-corrected chi connectivity index (χ1v) is 11.7. The minimum Gasteiger partial charge on any atom is -0.490 e. The van der Waals surface area contributed by atoms with Crippen LogP contribution in [-0.2, 0) is 9.59 Å². The summed E-state index contributed by atoms with van der Waals surface area (Å²) in [6, 6.07) is 4.75. The van der Waals surface area contributed by atoms with Crippen LogP contribution in [-0.4, -0.2) is 41.7 Å². The van der Waals surface area contributed by atoms with Gasteiger partial charge in [0.05, 0.1) is 21.7 Å². The molecule has 1 saturated heterocycles. The molecule has 1 aliphatic heterocycles. The zero-order valence-corrected chi connectivity index (χ0v) is 20.6. The zero-order chi connectivity index (χ0) is 25.7. The maximum absolute atomic E-state index is 13.8. The summed E-state index contributed by atoms with van der Waals surface area (Å²) in [5.41, 5.74) is -0.103. The fourth-order valence-electron chi connectivity index (χ4n) is 2.96. The van der Waals surface area contributed by atoms with E-state index in [0.717, 1.165) is 6.07 Å². The summed E-state index contributed by atoms with van der Waals surface area (Å²) in [6.45, 7) is 5.24. The van der Waals surface area contributed by atoms with Crippen LogP contribution in [0, 0.1) is 17.5 Å². The molecule has 1 N–H and O–H groups in total. The predicted octanol–water partition coefficient (Wildman–Crippen LogP) is 5.50. The number of carbonyl (C=O) groups excluding carboxylic acids is 3. The average molecular weight is 571 g/mol. The van der Waals surface area contributed by atoms with Gasteiger partial charge < -0.3 is 14.8 Å². The Balaban J connectivity index is 1.78. The van der Waals surface area contributed by atoms with Crippen LogP contribution in [0.1, 0.15) is 12.5 Å². The summed E-state index contributed by atoms with van der Waals surface area (Å²) in [7, 11) is 0. The van der Waals surface area contributed by atoms with Crippen molar-refractivity contribution in [3.63, 3.8) is 0 Å². The zero-order valence-electron chi connectivity index (χ0n) is 18.2. The monoisotopic (exact) mass is 570 g/mol. The highest BCUT2D eigenvalue weighted by Gasteiger charge is 2.36. The van der Waals surface area contributed by atoms with Crippen molar-refractivity contribution in [2.45, 2.75) is 6.92 Å². The van der Waals surface area contributed by atoms with Crippen LogP contribution in [0.3, 0.4) is 0 Å². The molecule has 0 aromatic heterocycles. The van der Waals surface area contributed by atoms with Crippen LogP contribution in [0.25, 0.3) is 6.08 Å². The number of amides is 3. The lowest BCUT2D eigenvalue weighted by Gasteiger charge is -2.14. The molecule has 0 radical (unpaired) electrons. The quantitative estimate of drug-likeness (QED) is 0.243. The first kappa shape index (κ1) is 26.4. The summed E-state index contributed by atoms with van der Waals surface area (Å²) >= 11 is 4.00. The first-order chi connectivity index (χ1) is 16.7. The molecule has 0 atom stereocenters. The Morgan fingerprint density at radius 1 is 1.20 bits per heavy atom. The molecule has 0 bridgehead atoms. The highest BCUT2D eigenvalue weighted by Crippen LogP contribution is 2.39. The summed E-state index contributed by atoms with van der Waals surface area (Å²) in [4.78, 5) is 38.0. The van der Waals surface area contributed by atoms with Crippen LogP contribution in [0.15, 0.2) is 46.3 Å². The van der Waals surface area contributed by atoms with Crippen LogP contribution in [0.4, 0.5) is 23.7 Å². The van der Waals surface area contributed by atoms with Crippen molar-refractivity contribution in [1.82, 2.24) is 4.90 Å². The average Bonchev–Trinajstić information content (AvgIpc) is 3.06. The van der Waals surface area contributed by atoms with Crippen molar-refractivity contribution >= 4 is 56.5 Å². The molecule has 0 unspecified atom stereocenters. The number of halogens is 4. The lowest BCUT2D eigenvalue weighted by atomic mass is 10.2. The molecule has 12 heteroatoms. The van der Waals surface area contributed by atoms with Gasteiger partial charge in [-0.25, -0.2) is 13.2 Å². The van der Waals surface area contributed by atoms with Gasteiger partial charge >= 0.3 is 0 Å². The first-order valence-electron chi connectivity index (χ1n) is 10.0. The Labute approximate surface area is 211 Å². The Hall–Kier alpha value is -3.25. The number of nitrogens with one attached hydrogen (secondary N) is 1. The van der Waals surface area contributed by atoms with Crippen LogP contribution in [0.2, 0.25) is 0 Å². The number of hydrogen-bond acceptors (Lipinski definition) is 6. The number of imide groups is 1. The third-order valence-corrected chi connectivity index (χ3v) is 5.96. The number of benzene rings is 2. The van der Waals surface area contributed by atoms with E-state index in [4.69, 9.17) is 9.47 Å². The van der Waals surface area contributed by atoms with Gasteiger partial charge in [0.25, 0.3) is 11.1 Å². The molecule has 0 aliphatic carbocycles. The minimum absolute atomic E-state index is 0.0379. The number of hydrogen-bond donors (Lipinski definition) is 1. The van der Waals surface area contributed by atoms with Crippen LogP contribution in [0.5, 0.6) is 11.5 Å². The number of carbonyl (C=O) groups is 3. The van der Waals surface area contributed by atoms with Gasteiger partial charge in [0.15, 0.2) is 29.0 Å². The SMILES string of the molecule is C=CCOc1c(Br)cc(/C=C2/SC(=O)N(CC(=O)Nc3ccc(F)c(F)c3F)C2=O)cc1OCC. The number of ether oxygens (including phenoxy) is 2. The lowest BCUT2D eigenvalue weighted by molar-refractivity contribution is -0.127. The van der Waals surface area contributed by atoms with Crippen molar-refractivity contribution in [2.75, 3.05) is 25.1 Å². The Kier molecular flexibility index (Phi) is 8.62. The molecule has 0 spiro atoms. The summed E-state index contributed by atoms with van der Waals surface area (Å²) < 4.78 is 52.0. The van der Waals surface area contributed by atoms with Gasteiger partial charge in [0.2, 0.25) is 5.91 Å². The van der Waals surface area contributed by atoms with Crippen molar-refractivity contribution in [2.24, 2.45) is 0 Å². The number of rotatable bonds is 9. The summed E-state index contributed by atoms with van der Waals surface area (Å²) in [6.07, 6.45) is 3.02. The maximum Gasteiger partial charge on any atom is 0.294 e. The Morgan fingerprint density at radius 2 is 1.94 bits per heavy atom. The van der Waals surface area contributed by atoms with E-state index in [0.29, 0.717) is 50.9 Å². The minimum atomic E-state index is -1.75. The van der Waals surface area contributed by atoms with E-state index in [9.17, 15) is 27.6 Å². The van der Waals surface area contributed by atoms with E-state index >= 15 is 0 Å². The van der Waals surface area contributed by atoms with Gasteiger partial charge in [-0.15, -0.1) is 0 Å². The van der Waals surface area contributed by atoms with E-state index in [2.05, 4.69) is 22.5 Å². The largest absolute Gasteiger partial charge is 0.490 e. The van der Waals surface area contributed by atoms with Gasteiger partial charge in [0.1, 0.15) is 13.2 Å². The smallest absolute Gasteiger partial charge is 0.294 e. The molecule has 0 saturated carbocycles. The lowest BCUT2D eigenvalue weighted by Crippen LogP contribution is -2.36. The number of anilines is 1. The maximum atomic E-state index is 13.8. The number of nitrogens with zero attached hydrogens (tertiary/aromatic N) is 1. The van der Waals surface area contributed by atoms with Crippen molar-refractivity contribution in [3.05, 3.63) is 69.3 Å². The van der Waals surface area contributed by atoms with E-state index in [-0.39, 0.29) is 11.5 Å². The van der Waals surface area contributed by atoms with Crippen molar-refractivity contribution in [3.8, 4) is 11.5 Å². The second-order valence-electron chi connectivity index (χ2n) is 6.90. The molecule has 1 heterocycles. The van der Waals surface area contributed by atoms with Gasteiger partial charge in [-0.1, -0.05) is 12.7 Å². The van der Waals surface area contributed by atoms with Gasteiger partial charge in [-0.2, -0.15) is 0 Å². The van der Waals surface area contributed by atoms with E-state index in [1.54, 1.807) is 25.1 Å². The normalized spacial score (nSPS) is 14.4. The molecular formula is C23H18BrF3N2O5S. The second-order valence-corrected chi connectivity index (χ2v) is 8.75. The fraction of sp³-hybridized carbons (Fsp3) is 0.174. The van der Waals surface area contributed by atoms with Crippen LogP contribution < -0.4 is 14.8 Å². The van der Waals surface area contributed by atoms with Gasteiger partial charge in [-0.3, -0.25) is 19.3 Å². The third kappa shape index (κ3) is 6.06. The summed E-state index contributed by atoms with van der Waals surface area (Å²) in [5, 5.41) is 1.30. The molecule has 184 valence electrons. The molecule has 1 fully saturated rings. The molecule has 3 amide bonds. The topological polar surface area (TPSA) is 84.9 Å². The predicted molar refractivity (Wildman–Crippen MR) is 129 cm³/mol. The Bertz CT molecular complexity index is 1240. The molecule has 3 rings (SSSR count). The molecule has 35 heavy (non-hydrogen) atoms. The number of thioether (sulfide) groups is 1. The van der Waals surface area contributed by atoms with Crippen LogP contribution >= 0.6 is 27.7 Å². The highest BCUT2D eigenvalue weighted by molar-refractivity contribution is 9.10. The molecule has 7 nitrogen and oxygen atoms in total. The van der Waals surface area contributed by atoms with Gasteiger partial charge in [0, 0.05) is 0 Å². The third-order valence-electron chi connectivity index (χ3n) is 4.46. The molecule has 2 aromatic rings. The van der Waals surface area contributed by atoms with Gasteiger partial charge in [-0.05, 0) is 70.5 Å². The highest BCUT2D eigenvalue weighted by atomic mass is 79.9. The standard InChI is InChI=1S/C23H18BrF3N2O5S/c1-3-7-34-21-13(24)8-12(9-16(21)33-4-2)10-17-22(31)29(23(32)35-17)11-18(30)28-15-6-5-14(25)19(26)20(15)27/h3,5-6,8-10H,1,4,7,11H2,2H3,(H,28,30)/b17-10+. The van der Waals surface area contributed by atoms with E-state index < -0.39 is 46.7 Å². The second kappa shape index (κ2) is 11.5. The Morgan fingerprint density at radius 3 is 2.63 bits per heavy atom. The van der Waals surface area contributed by atoms with Crippen molar-refractivity contribution in [1.29, 1.82) is 0 Å². The molecular weight excluding hydrogens is 553 g/mol. The molecule has 1 aliphatic rings. The fourth-order valence-corrected chi connectivity index (χ4v) is 4.37. The van der Waals surface area contributed by atoms with E-state index in [1.807, 2.05) is 5.32 Å².